The predicted molar refractivity (Wildman–Crippen MR) is 70.3 cm³/mol. The lowest BCUT2D eigenvalue weighted by Crippen LogP contribution is -2.50. The Hall–Kier alpha value is -0.280. The highest BCUT2D eigenvalue weighted by atomic mass is 35.5. The van der Waals surface area contributed by atoms with Crippen molar-refractivity contribution in [2.45, 2.75) is 40.2 Å². The number of nitrogens with zero attached hydrogens (tertiary/aromatic N) is 1. The molecule has 0 saturated carbocycles. The van der Waals surface area contributed by atoms with Crippen molar-refractivity contribution < 1.29 is 9.53 Å². The van der Waals surface area contributed by atoms with Gasteiger partial charge < -0.3 is 9.64 Å². The van der Waals surface area contributed by atoms with Gasteiger partial charge in [-0.3, -0.25) is 4.79 Å². The number of ether oxygens (including phenoxy) is 1. The van der Waals surface area contributed by atoms with Gasteiger partial charge in [-0.25, -0.2) is 0 Å². The van der Waals surface area contributed by atoms with Crippen LogP contribution in [0.5, 0.6) is 0 Å². The van der Waals surface area contributed by atoms with Crippen molar-refractivity contribution in [3.63, 3.8) is 0 Å². The molecule has 2 unspecified atom stereocenters. The molecule has 0 aromatic rings. The summed E-state index contributed by atoms with van der Waals surface area (Å²) in [5.74, 6) is 1.03. The van der Waals surface area contributed by atoms with Crippen molar-refractivity contribution in [3.8, 4) is 0 Å². The van der Waals surface area contributed by atoms with Crippen LogP contribution in [0.15, 0.2) is 0 Å². The van der Waals surface area contributed by atoms with Crippen LogP contribution in [-0.2, 0) is 9.53 Å². The highest BCUT2D eigenvalue weighted by molar-refractivity contribution is 6.18. The maximum Gasteiger partial charge on any atom is 0.223 e. The van der Waals surface area contributed by atoms with E-state index in [-0.39, 0.29) is 17.4 Å². The maximum atomic E-state index is 12.2. The number of halogens is 1. The quantitative estimate of drug-likeness (QED) is 0.731. The fourth-order valence-corrected chi connectivity index (χ4v) is 2.05. The van der Waals surface area contributed by atoms with Gasteiger partial charge in [0.15, 0.2) is 0 Å². The SMILES string of the molecule is CC(CC(=O)N1CCOCC1CCl)C(C)(C)C. The lowest BCUT2D eigenvalue weighted by Gasteiger charge is -2.36. The van der Waals surface area contributed by atoms with Crippen LogP contribution in [0.2, 0.25) is 0 Å². The Labute approximate surface area is 109 Å². The molecule has 1 aliphatic heterocycles. The molecule has 4 heteroatoms. The monoisotopic (exact) mass is 261 g/mol. The second kappa shape index (κ2) is 6.05. The summed E-state index contributed by atoms with van der Waals surface area (Å²) >= 11 is 5.87. The van der Waals surface area contributed by atoms with E-state index in [1.807, 2.05) is 4.90 Å². The van der Waals surface area contributed by atoms with Gasteiger partial charge in [0.25, 0.3) is 0 Å². The van der Waals surface area contributed by atoms with Crippen LogP contribution in [0.4, 0.5) is 0 Å². The fourth-order valence-electron chi connectivity index (χ4n) is 1.80. The number of carbonyl (C=O) groups is 1. The molecule has 0 aromatic heterocycles. The molecule has 0 spiro atoms. The molecule has 1 heterocycles. The highest BCUT2D eigenvalue weighted by Crippen LogP contribution is 2.29. The third-order valence-electron chi connectivity index (χ3n) is 3.69. The summed E-state index contributed by atoms with van der Waals surface area (Å²) in [4.78, 5) is 14.1. The average molecular weight is 262 g/mol. The fraction of sp³-hybridized carbons (Fsp3) is 0.923. The van der Waals surface area contributed by atoms with E-state index in [4.69, 9.17) is 16.3 Å². The van der Waals surface area contributed by atoms with Crippen molar-refractivity contribution in [1.82, 2.24) is 4.90 Å². The van der Waals surface area contributed by atoms with Gasteiger partial charge in [-0.15, -0.1) is 11.6 Å². The number of hydrogen-bond donors (Lipinski definition) is 0. The second-order valence-corrected chi connectivity index (χ2v) is 6.25. The minimum Gasteiger partial charge on any atom is -0.377 e. The molecular weight excluding hydrogens is 238 g/mol. The number of alkyl halides is 1. The van der Waals surface area contributed by atoms with Crippen LogP contribution in [-0.4, -0.2) is 42.5 Å². The smallest absolute Gasteiger partial charge is 0.223 e. The van der Waals surface area contributed by atoms with Crippen molar-refractivity contribution in [2.75, 3.05) is 25.6 Å². The molecule has 1 saturated heterocycles. The molecule has 1 rings (SSSR count). The number of amides is 1. The van der Waals surface area contributed by atoms with Crippen LogP contribution in [0.1, 0.15) is 34.1 Å². The van der Waals surface area contributed by atoms with E-state index in [1.165, 1.54) is 0 Å². The molecule has 1 aliphatic rings. The average Bonchev–Trinajstić information content (AvgIpc) is 2.27. The van der Waals surface area contributed by atoms with Crippen LogP contribution < -0.4 is 0 Å². The first-order valence-corrected chi connectivity index (χ1v) is 6.83. The zero-order chi connectivity index (χ0) is 13.1. The molecule has 0 aliphatic carbocycles. The molecule has 2 atom stereocenters. The first kappa shape index (κ1) is 14.8. The van der Waals surface area contributed by atoms with Gasteiger partial charge in [0, 0.05) is 18.8 Å². The topological polar surface area (TPSA) is 29.5 Å². The van der Waals surface area contributed by atoms with Gasteiger partial charge in [0.2, 0.25) is 5.91 Å². The summed E-state index contributed by atoms with van der Waals surface area (Å²) in [7, 11) is 0. The summed E-state index contributed by atoms with van der Waals surface area (Å²) in [6.07, 6.45) is 0.594. The molecule has 1 fully saturated rings. The van der Waals surface area contributed by atoms with E-state index in [2.05, 4.69) is 27.7 Å². The second-order valence-electron chi connectivity index (χ2n) is 5.94. The van der Waals surface area contributed by atoms with Crippen molar-refractivity contribution in [2.24, 2.45) is 11.3 Å². The highest BCUT2D eigenvalue weighted by Gasteiger charge is 2.30. The summed E-state index contributed by atoms with van der Waals surface area (Å²) in [6.45, 7) is 10.5. The standard InChI is InChI=1S/C13H24ClNO2/c1-10(13(2,3)4)7-12(16)15-5-6-17-9-11(15)8-14/h10-11H,5-9H2,1-4H3. The Kier molecular flexibility index (Phi) is 5.26. The molecule has 0 aromatic carbocycles. The third-order valence-corrected chi connectivity index (χ3v) is 4.04. The van der Waals surface area contributed by atoms with Crippen molar-refractivity contribution in [3.05, 3.63) is 0 Å². The molecule has 0 N–H and O–H groups in total. The number of morpholine rings is 1. The molecule has 100 valence electrons. The summed E-state index contributed by atoms with van der Waals surface area (Å²) in [5.41, 5.74) is 0.165. The number of rotatable bonds is 3. The molecule has 17 heavy (non-hydrogen) atoms. The van der Waals surface area contributed by atoms with Crippen molar-refractivity contribution >= 4 is 17.5 Å². The summed E-state index contributed by atoms with van der Waals surface area (Å²) in [6, 6.07) is 0.0464. The molecule has 1 amide bonds. The van der Waals surface area contributed by atoms with Gasteiger partial charge in [0.1, 0.15) is 0 Å². The minimum atomic E-state index is 0.0464. The van der Waals surface area contributed by atoms with Gasteiger partial charge in [-0.2, -0.15) is 0 Å². The third kappa shape index (κ3) is 4.14. The Morgan fingerprint density at radius 2 is 2.18 bits per heavy atom. The van der Waals surface area contributed by atoms with E-state index in [0.29, 0.717) is 38.0 Å². The summed E-state index contributed by atoms with van der Waals surface area (Å²) < 4.78 is 5.35. The van der Waals surface area contributed by atoms with Gasteiger partial charge in [-0.05, 0) is 11.3 Å². The molecule has 0 bridgehead atoms. The van der Waals surface area contributed by atoms with Gasteiger partial charge in [0.05, 0.1) is 19.3 Å². The Morgan fingerprint density at radius 3 is 2.71 bits per heavy atom. The van der Waals surface area contributed by atoms with Crippen LogP contribution in [0.25, 0.3) is 0 Å². The van der Waals surface area contributed by atoms with Gasteiger partial charge in [-0.1, -0.05) is 27.7 Å². The Balaban J connectivity index is 2.56. The van der Waals surface area contributed by atoms with E-state index < -0.39 is 0 Å². The zero-order valence-corrected chi connectivity index (χ0v) is 12.1. The lowest BCUT2D eigenvalue weighted by molar-refractivity contribution is -0.140. The zero-order valence-electron chi connectivity index (χ0n) is 11.3. The van der Waals surface area contributed by atoms with E-state index >= 15 is 0 Å². The molecule has 3 nitrogen and oxygen atoms in total. The normalized spacial score (nSPS) is 23.6. The molecule has 0 radical (unpaired) electrons. The summed E-state index contributed by atoms with van der Waals surface area (Å²) in [5, 5.41) is 0. The van der Waals surface area contributed by atoms with Crippen LogP contribution >= 0.6 is 11.6 Å². The maximum absolute atomic E-state index is 12.2. The van der Waals surface area contributed by atoms with E-state index in [0.717, 1.165) is 0 Å². The molecular formula is C13H24ClNO2. The lowest BCUT2D eigenvalue weighted by atomic mass is 9.80. The van der Waals surface area contributed by atoms with Gasteiger partial charge >= 0.3 is 0 Å². The predicted octanol–water partition coefficient (Wildman–Crippen LogP) is 2.52. The largest absolute Gasteiger partial charge is 0.377 e. The Morgan fingerprint density at radius 1 is 1.53 bits per heavy atom. The number of hydrogen-bond acceptors (Lipinski definition) is 2. The van der Waals surface area contributed by atoms with Crippen LogP contribution in [0, 0.1) is 11.3 Å². The van der Waals surface area contributed by atoms with E-state index in [1.54, 1.807) is 0 Å². The number of carbonyl (C=O) groups excluding carboxylic acids is 1. The van der Waals surface area contributed by atoms with Crippen molar-refractivity contribution in [1.29, 1.82) is 0 Å². The Bertz CT molecular complexity index is 263. The first-order chi connectivity index (χ1) is 7.86. The van der Waals surface area contributed by atoms with E-state index in [9.17, 15) is 4.79 Å². The van der Waals surface area contributed by atoms with Crippen LogP contribution in [0.3, 0.4) is 0 Å². The minimum absolute atomic E-state index is 0.0464. The first-order valence-electron chi connectivity index (χ1n) is 6.29.